The Bertz CT molecular complexity index is 1200. The molecule has 6 nitrogen and oxygen atoms in total. The van der Waals surface area contributed by atoms with Crippen molar-refractivity contribution < 1.29 is 14.3 Å². The fraction of sp³-hybridized carbons (Fsp3) is 0.478. The van der Waals surface area contributed by atoms with Crippen LogP contribution in [0.3, 0.4) is 0 Å². The van der Waals surface area contributed by atoms with Crippen molar-refractivity contribution in [2.24, 2.45) is 5.92 Å². The standard InChI is InChI=1S/C23H25N3O3S3/c1-3-29-23(28)19-13-5-4-6-15(13)31-22(19)26-17(27)10-30-20-18-14-8-7-12(2)9-16(14)32-21(18)25-11-24-20/h11-12H,3-10H2,1-2H3,(H,26,27)/t12-/m0/s1. The topological polar surface area (TPSA) is 81.2 Å². The number of aromatic nitrogens is 2. The number of rotatable bonds is 6. The monoisotopic (exact) mass is 487 g/mol. The predicted molar refractivity (Wildman–Crippen MR) is 130 cm³/mol. The molecular formula is C23H25N3O3S3. The Morgan fingerprint density at radius 1 is 1.19 bits per heavy atom. The molecule has 1 N–H and O–H groups in total. The maximum atomic E-state index is 12.8. The molecule has 0 aromatic carbocycles. The van der Waals surface area contributed by atoms with Crippen LogP contribution in [0.2, 0.25) is 0 Å². The van der Waals surface area contributed by atoms with Gasteiger partial charge in [-0.15, -0.1) is 22.7 Å². The summed E-state index contributed by atoms with van der Waals surface area (Å²) in [6.07, 6.45) is 7.79. The first-order valence-corrected chi connectivity index (χ1v) is 13.7. The molecule has 1 atom stereocenters. The number of carbonyl (C=O) groups is 2. The van der Waals surface area contributed by atoms with Crippen LogP contribution in [-0.2, 0) is 35.2 Å². The quantitative estimate of drug-likeness (QED) is 0.290. The van der Waals surface area contributed by atoms with E-state index >= 15 is 0 Å². The van der Waals surface area contributed by atoms with Gasteiger partial charge in [0.1, 0.15) is 21.2 Å². The highest BCUT2D eigenvalue weighted by Gasteiger charge is 2.28. The Morgan fingerprint density at radius 3 is 2.91 bits per heavy atom. The normalized spacial score (nSPS) is 17.2. The molecule has 0 fully saturated rings. The van der Waals surface area contributed by atoms with Crippen molar-refractivity contribution in [3.05, 3.63) is 32.8 Å². The lowest BCUT2D eigenvalue weighted by Crippen LogP contribution is -2.17. The van der Waals surface area contributed by atoms with Crippen LogP contribution in [0.25, 0.3) is 10.2 Å². The SMILES string of the molecule is CCOC(=O)c1c(NC(=O)CSc2ncnc3sc4c(c23)CC[C@H](C)C4)sc2c1CCC2. The Labute approximate surface area is 199 Å². The van der Waals surface area contributed by atoms with Crippen LogP contribution in [0, 0.1) is 5.92 Å². The van der Waals surface area contributed by atoms with E-state index in [0.29, 0.717) is 23.1 Å². The highest BCUT2D eigenvalue weighted by Crippen LogP contribution is 2.41. The zero-order valence-electron chi connectivity index (χ0n) is 18.2. The Morgan fingerprint density at radius 2 is 2.06 bits per heavy atom. The Hall–Kier alpha value is -1.97. The van der Waals surface area contributed by atoms with Crippen molar-refractivity contribution in [2.45, 2.75) is 57.4 Å². The number of carbonyl (C=O) groups excluding carboxylic acids is 2. The number of esters is 1. The molecule has 0 aliphatic heterocycles. The van der Waals surface area contributed by atoms with Crippen LogP contribution in [0.1, 0.15) is 57.9 Å². The second kappa shape index (κ2) is 9.11. The maximum Gasteiger partial charge on any atom is 0.341 e. The second-order valence-corrected chi connectivity index (χ2v) is 11.5. The minimum atomic E-state index is -0.341. The number of nitrogens with zero attached hydrogens (tertiary/aromatic N) is 2. The van der Waals surface area contributed by atoms with Crippen LogP contribution in [0.15, 0.2) is 11.4 Å². The minimum Gasteiger partial charge on any atom is -0.462 e. The number of fused-ring (bicyclic) bond motifs is 4. The van der Waals surface area contributed by atoms with Crippen molar-refractivity contribution in [2.75, 3.05) is 17.7 Å². The van der Waals surface area contributed by atoms with E-state index < -0.39 is 0 Å². The molecule has 0 bridgehead atoms. The van der Waals surface area contributed by atoms with Gasteiger partial charge in [0.05, 0.1) is 17.9 Å². The van der Waals surface area contributed by atoms with E-state index in [4.69, 9.17) is 4.74 Å². The number of hydrogen-bond donors (Lipinski definition) is 1. The molecule has 2 aliphatic carbocycles. The van der Waals surface area contributed by atoms with Crippen molar-refractivity contribution in [3.63, 3.8) is 0 Å². The van der Waals surface area contributed by atoms with Crippen molar-refractivity contribution in [1.29, 1.82) is 0 Å². The lowest BCUT2D eigenvalue weighted by atomic mass is 9.89. The number of thioether (sulfide) groups is 1. The summed E-state index contributed by atoms with van der Waals surface area (Å²) in [6.45, 7) is 4.41. The maximum absolute atomic E-state index is 12.8. The van der Waals surface area contributed by atoms with Gasteiger partial charge < -0.3 is 10.1 Å². The predicted octanol–water partition coefficient (Wildman–Crippen LogP) is 5.27. The molecular weight excluding hydrogens is 462 g/mol. The summed E-state index contributed by atoms with van der Waals surface area (Å²) in [5, 5.41) is 5.59. The summed E-state index contributed by atoms with van der Waals surface area (Å²) in [4.78, 5) is 38.0. The van der Waals surface area contributed by atoms with Gasteiger partial charge in [-0.2, -0.15) is 0 Å². The van der Waals surface area contributed by atoms with Crippen molar-refractivity contribution in [3.8, 4) is 0 Å². The van der Waals surface area contributed by atoms with Crippen molar-refractivity contribution in [1.82, 2.24) is 9.97 Å². The van der Waals surface area contributed by atoms with E-state index in [2.05, 4.69) is 22.2 Å². The van der Waals surface area contributed by atoms with Gasteiger partial charge in [0, 0.05) is 15.1 Å². The molecule has 168 valence electrons. The van der Waals surface area contributed by atoms with E-state index in [1.807, 2.05) is 0 Å². The molecule has 0 unspecified atom stereocenters. The summed E-state index contributed by atoms with van der Waals surface area (Å²) in [6, 6.07) is 0. The summed E-state index contributed by atoms with van der Waals surface area (Å²) < 4.78 is 5.26. The van der Waals surface area contributed by atoms with E-state index in [9.17, 15) is 9.59 Å². The molecule has 0 radical (unpaired) electrons. The average molecular weight is 488 g/mol. The van der Waals surface area contributed by atoms with Gasteiger partial charge in [-0.25, -0.2) is 14.8 Å². The van der Waals surface area contributed by atoms with Gasteiger partial charge in [0.25, 0.3) is 0 Å². The van der Waals surface area contributed by atoms with Crippen LogP contribution >= 0.6 is 34.4 Å². The summed E-state index contributed by atoms with van der Waals surface area (Å²) in [5.74, 6) is 0.459. The van der Waals surface area contributed by atoms with Crippen LogP contribution in [-0.4, -0.2) is 34.2 Å². The fourth-order valence-corrected chi connectivity index (χ4v) is 8.10. The van der Waals surface area contributed by atoms with Gasteiger partial charge in [0.15, 0.2) is 0 Å². The highest BCUT2D eigenvalue weighted by atomic mass is 32.2. The summed E-state index contributed by atoms with van der Waals surface area (Å²) in [7, 11) is 0. The van der Waals surface area contributed by atoms with Crippen LogP contribution in [0.5, 0.6) is 0 Å². The molecule has 9 heteroatoms. The first-order valence-electron chi connectivity index (χ1n) is 11.0. The smallest absolute Gasteiger partial charge is 0.341 e. The Kier molecular flexibility index (Phi) is 6.22. The van der Waals surface area contributed by atoms with Gasteiger partial charge in [-0.3, -0.25) is 4.79 Å². The highest BCUT2D eigenvalue weighted by molar-refractivity contribution is 8.00. The van der Waals surface area contributed by atoms with Gasteiger partial charge in [-0.1, -0.05) is 18.7 Å². The molecule has 1 amide bonds. The third kappa shape index (κ3) is 4.06. The zero-order chi connectivity index (χ0) is 22.2. The number of amides is 1. The average Bonchev–Trinajstić information content (AvgIpc) is 3.44. The van der Waals surface area contributed by atoms with E-state index in [1.54, 1.807) is 24.6 Å². The fourth-order valence-electron chi connectivity index (χ4n) is 4.56. The Balaban J connectivity index is 1.33. The molecule has 0 spiro atoms. The number of hydrogen-bond acceptors (Lipinski definition) is 8. The first kappa shape index (κ1) is 21.9. The van der Waals surface area contributed by atoms with Gasteiger partial charge >= 0.3 is 5.97 Å². The van der Waals surface area contributed by atoms with Crippen LogP contribution in [0.4, 0.5) is 5.00 Å². The largest absolute Gasteiger partial charge is 0.462 e. The van der Waals surface area contributed by atoms with E-state index in [0.717, 1.165) is 52.9 Å². The van der Waals surface area contributed by atoms with Gasteiger partial charge in [-0.05, 0) is 62.5 Å². The summed E-state index contributed by atoms with van der Waals surface area (Å²) in [5.41, 5.74) is 2.96. The van der Waals surface area contributed by atoms with Gasteiger partial charge in [0.2, 0.25) is 5.91 Å². The second-order valence-electron chi connectivity index (χ2n) is 8.33. The number of aryl methyl sites for hydroxylation is 2. The van der Waals surface area contributed by atoms with Crippen molar-refractivity contribution >= 4 is 61.5 Å². The minimum absolute atomic E-state index is 0.134. The third-order valence-corrected chi connectivity index (χ3v) is 9.41. The molecule has 32 heavy (non-hydrogen) atoms. The number of ether oxygens (including phenoxy) is 1. The zero-order valence-corrected chi connectivity index (χ0v) is 20.6. The molecule has 0 saturated carbocycles. The van der Waals surface area contributed by atoms with E-state index in [-0.39, 0.29) is 17.6 Å². The molecule has 0 saturated heterocycles. The molecule has 3 heterocycles. The molecule has 3 aromatic heterocycles. The lowest BCUT2D eigenvalue weighted by molar-refractivity contribution is -0.113. The van der Waals surface area contributed by atoms with Crippen LogP contribution < -0.4 is 5.32 Å². The summed E-state index contributed by atoms with van der Waals surface area (Å²) >= 11 is 4.72. The van der Waals surface area contributed by atoms with E-state index in [1.165, 1.54) is 44.8 Å². The molecule has 2 aliphatic rings. The number of thiophene rings is 2. The first-order chi connectivity index (χ1) is 15.5. The molecule has 3 aromatic rings. The lowest BCUT2D eigenvalue weighted by Gasteiger charge is -2.18. The number of nitrogens with one attached hydrogen (secondary N) is 1. The third-order valence-electron chi connectivity index (χ3n) is 6.05. The molecule has 5 rings (SSSR count). The number of anilines is 1.